The highest BCUT2D eigenvalue weighted by atomic mass is 32.1. The molecule has 3 heterocycles. The molecule has 0 saturated carbocycles. The predicted molar refractivity (Wildman–Crippen MR) is 71.6 cm³/mol. The van der Waals surface area contributed by atoms with Crippen molar-refractivity contribution in [2.45, 2.75) is 44.3 Å². The van der Waals surface area contributed by atoms with Crippen molar-refractivity contribution < 1.29 is 9.90 Å². The minimum absolute atomic E-state index is 0.552. The molecule has 2 unspecified atom stereocenters. The maximum absolute atomic E-state index is 10.8. The monoisotopic (exact) mass is 263 g/mol. The fourth-order valence-electron chi connectivity index (χ4n) is 3.27. The molecule has 0 radical (unpaired) electrons. The standard InChI is InChI=1S/C14H17NO2S/c16-14(17)8-10-6-11-3-4-12(7-10)15(11)9-13-2-1-5-18-13/h1-2,5,8,11-12H,3-4,6-7,9H2,(H,16,17). The molecule has 4 heteroatoms. The van der Waals surface area contributed by atoms with Crippen molar-refractivity contribution in [3.8, 4) is 0 Å². The van der Waals surface area contributed by atoms with Crippen LogP contribution in [0.4, 0.5) is 0 Å². The summed E-state index contributed by atoms with van der Waals surface area (Å²) in [6, 6.07) is 5.39. The number of aliphatic carboxylic acids is 1. The Balaban J connectivity index is 1.71. The summed E-state index contributed by atoms with van der Waals surface area (Å²) in [4.78, 5) is 14.7. The summed E-state index contributed by atoms with van der Waals surface area (Å²) in [7, 11) is 0. The Bertz CT molecular complexity index is 450. The van der Waals surface area contributed by atoms with Gasteiger partial charge in [-0.2, -0.15) is 0 Å². The van der Waals surface area contributed by atoms with Gasteiger partial charge in [-0.1, -0.05) is 11.6 Å². The Morgan fingerprint density at radius 2 is 2.17 bits per heavy atom. The first-order valence-electron chi connectivity index (χ1n) is 6.43. The molecule has 3 rings (SSSR count). The molecule has 3 nitrogen and oxygen atoms in total. The number of carboxylic acids is 1. The average Bonchev–Trinajstić information content (AvgIpc) is 2.88. The first kappa shape index (κ1) is 11.9. The molecule has 2 atom stereocenters. The molecular weight excluding hydrogens is 246 g/mol. The molecule has 0 amide bonds. The smallest absolute Gasteiger partial charge is 0.328 e. The molecule has 2 aliphatic heterocycles. The van der Waals surface area contributed by atoms with Gasteiger partial charge >= 0.3 is 5.97 Å². The van der Waals surface area contributed by atoms with Gasteiger partial charge in [0.15, 0.2) is 0 Å². The fourth-order valence-corrected chi connectivity index (χ4v) is 3.99. The molecule has 1 aromatic rings. The van der Waals surface area contributed by atoms with Crippen LogP contribution in [0.2, 0.25) is 0 Å². The Hall–Kier alpha value is -1.13. The molecule has 2 fully saturated rings. The molecule has 2 aliphatic rings. The summed E-state index contributed by atoms with van der Waals surface area (Å²) in [5, 5.41) is 11.0. The Kier molecular flexibility index (Phi) is 3.22. The largest absolute Gasteiger partial charge is 0.478 e. The summed E-state index contributed by atoms with van der Waals surface area (Å²) < 4.78 is 0. The van der Waals surface area contributed by atoms with E-state index >= 15 is 0 Å². The van der Waals surface area contributed by atoms with Gasteiger partial charge in [-0.15, -0.1) is 11.3 Å². The van der Waals surface area contributed by atoms with Crippen LogP contribution in [0.5, 0.6) is 0 Å². The fraction of sp³-hybridized carbons (Fsp3) is 0.500. The second-order valence-electron chi connectivity index (χ2n) is 5.19. The molecule has 1 aromatic heterocycles. The number of fused-ring (bicyclic) bond motifs is 2. The number of piperidine rings is 1. The number of hydrogen-bond donors (Lipinski definition) is 1. The van der Waals surface area contributed by atoms with Crippen LogP contribution >= 0.6 is 11.3 Å². The third-order valence-corrected chi connectivity index (χ3v) is 4.87. The molecule has 2 bridgehead atoms. The van der Waals surface area contributed by atoms with Crippen LogP contribution in [0.1, 0.15) is 30.6 Å². The van der Waals surface area contributed by atoms with Gasteiger partial charge in [0.05, 0.1) is 0 Å². The van der Waals surface area contributed by atoms with E-state index in [1.807, 2.05) is 11.3 Å². The lowest BCUT2D eigenvalue weighted by atomic mass is 9.96. The average molecular weight is 263 g/mol. The van der Waals surface area contributed by atoms with Crippen molar-refractivity contribution in [2.75, 3.05) is 0 Å². The molecule has 0 aromatic carbocycles. The van der Waals surface area contributed by atoms with Gasteiger partial charge in [-0.05, 0) is 37.1 Å². The highest BCUT2D eigenvalue weighted by molar-refractivity contribution is 7.09. The molecule has 18 heavy (non-hydrogen) atoms. The number of carbonyl (C=O) groups is 1. The van der Waals surface area contributed by atoms with Crippen LogP contribution in [0.3, 0.4) is 0 Å². The van der Waals surface area contributed by atoms with Crippen LogP contribution in [0.25, 0.3) is 0 Å². The molecule has 0 spiro atoms. The second kappa shape index (κ2) is 4.86. The number of thiophene rings is 1. The molecule has 0 aliphatic carbocycles. The van der Waals surface area contributed by atoms with Crippen LogP contribution in [0.15, 0.2) is 29.2 Å². The van der Waals surface area contributed by atoms with E-state index in [1.165, 1.54) is 23.8 Å². The van der Waals surface area contributed by atoms with Gasteiger partial charge in [0.1, 0.15) is 0 Å². The van der Waals surface area contributed by atoms with E-state index in [4.69, 9.17) is 5.11 Å². The van der Waals surface area contributed by atoms with Crippen LogP contribution in [-0.4, -0.2) is 28.1 Å². The number of hydrogen-bond acceptors (Lipinski definition) is 3. The topological polar surface area (TPSA) is 40.5 Å². The van der Waals surface area contributed by atoms with E-state index in [0.717, 1.165) is 25.0 Å². The summed E-state index contributed by atoms with van der Waals surface area (Å²) in [5.74, 6) is -0.795. The zero-order valence-corrected chi connectivity index (χ0v) is 11.0. The zero-order valence-electron chi connectivity index (χ0n) is 10.2. The minimum atomic E-state index is -0.795. The lowest BCUT2D eigenvalue weighted by Gasteiger charge is -2.35. The maximum Gasteiger partial charge on any atom is 0.328 e. The normalized spacial score (nSPS) is 27.4. The van der Waals surface area contributed by atoms with E-state index in [-0.39, 0.29) is 0 Å². The number of nitrogens with zero attached hydrogens (tertiary/aromatic N) is 1. The SMILES string of the molecule is O=C(O)C=C1CC2CCC(C1)N2Cc1cccs1. The quantitative estimate of drug-likeness (QED) is 0.852. The van der Waals surface area contributed by atoms with Gasteiger partial charge in [0, 0.05) is 29.6 Å². The molecule has 1 N–H and O–H groups in total. The van der Waals surface area contributed by atoms with Crippen LogP contribution in [0, 0.1) is 0 Å². The van der Waals surface area contributed by atoms with Gasteiger partial charge in [-0.25, -0.2) is 4.79 Å². The summed E-state index contributed by atoms with van der Waals surface area (Å²) in [6.07, 6.45) is 5.73. The van der Waals surface area contributed by atoms with E-state index in [9.17, 15) is 4.79 Å². The van der Waals surface area contributed by atoms with Gasteiger partial charge < -0.3 is 5.11 Å². The van der Waals surface area contributed by atoms with E-state index in [2.05, 4.69) is 22.4 Å². The Labute approximate surface area is 111 Å². The van der Waals surface area contributed by atoms with Crippen molar-refractivity contribution >= 4 is 17.3 Å². The maximum atomic E-state index is 10.8. The first-order chi connectivity index (χ1) is 8.72. The van der Waals surface area contributed by atoms with Crippen molar-refractivity contribution in [1.82, 2.24) is 4.90 Å². The van der Waals surface area contributed by atoms with E-state index < -0.39 is 5.97 Å². The lowest BCUT2D eigenvalue weighted by Crippen LogP contribution is -2.39. The predicted octanol–water partition coefficient (Wildman–Crippen LogP) is 2.89. The third kappa shape index (κ3) is 2.35. The van der Waals surface area contributed by atoms with E-state index in [1.54, 1.807) is 0 Å². The Morgan fingerprint density at radius 3 is 2.72 bits per heavy atom. The highest BCUT2D eigenvalue weighted by Gasteiger charge is 2.38. The van der Waals surface area contributed by atoms with E-state index in [0.29, 0.717) is 12.1 Å². The third-order valence-electron chi connectivity index (χ3n) is 4.01. The molecule has 2 saturated heterocycles. The van der Waals surface area contributed by atoms with Gasteiger partial charge in [0.25, 0.3) is 0 Å². The first-order valence-corrected chi connectivity index (χ1v) is 7.31. The van der Waals surface area contributed by atoms with Crippen molar-refractivity contribution in [3.63, 3.8) is 0 Å². The summed E-state index contributed by atoms with van der Waals surface area (Å²) >= 11 is 1.81. The summed E-state index contributed by atoms with van der Waals surface area (Å²) in [5.41, 5.74) is 1.12. The van der Waals surface area contributed by atoms with Crippen LogP contribution in [-0.2, 0) is 11.3 Å². The zero-order chi connectivity index (χ0) is 12.5. The summed E-state index contributed by atoms with van der Waals surface area (Å²) in [6.45, 7) is 1.04. The van der Waals surface area contributed by atoms with Crippen molar-refractivity contribution in [1.29, 1.82) is 0 Å². The highest BCUT2D eigenvalue weighted by Crippen LogP contribution is 2.39. The van der Waals surface area contributed by atoms with Crippen molar-refractivity contribution in [3.05, 3.63) is 34.0 Å². The lowest BCUT2D eigenvalue weighted by molar-refractivity contribution is -0.131. The minimum Gasteiger partial charge on any atom is -0.478 e. The van der Waals surface area contributed by atoms with Crippen molar-refractivity contribution in [2.24, 2.45) is 0 Å². The van der Waals surface area contributed by atoms with Crippen LogP contribution < -0.4 is 0 Å². The molecule has 96 valence electrons. The van der Waals surface area contributed by atoms with Gasteiger partial charge in [0.2, 0.25) is 0 Å². The molecular formula is C14H17NO2S. The van der Waals surface area contributed by atoms with Gasteiger partial charge in [-0.3, -0.25) is 4.90 Å². The second-order valence-corrected chi connectivity index (χ2v) is 6.22. The number of rotatable bonds is 3. The number of carboxylic acid groups (broad SMARTS) is 1. The Morgan fingerprint density at radius 1 is 1.44 bits per heavy atom.